The average Bonchev–Trinajstić information content (AvgIpc) is 3.67. The van der Waals surface area contributed by atoms with Crippen molar-refractivity contribution in [2.75, 3.05) is 0 Å². The fourth-order valence-corrected chi connectivity index (χ4v) is 7.33. The van der Waals surface area contributed by atoms with Crippen LogP contribution in [0.4, 0.5) is 5.69 Å². The summed E-state index contributed by atoms with van der Waals surface area (Å²) in [5, 5.41) is 14.9. The van der Waals surface area contributed by atoms with E-state index in [4.69, 9.17) is 6.57 Å². The predicted molar refractivity (Wildman–Crippen MR) is 197 cm³/mol. The summed E-state index contributed by atoms with van der Waals surface area (Å²) in [7, 11) is 0. The van der Waals surface area contributed by atoms with Crippen molar-refractivity contribution in [3.05, 3.63) is 175 Å². The minimum Gasteiger partial charge on any atom is -0.309 e. The van der Waals surface area contributed by atoms with Crippen LogP contribution in [0, 0.1) is 17.9 Å². The van der Waals surface area contributed by atoms with Gasteiger partial charge in [-0.25, -0.2) is 4.85 Å². The first-order valence-electron chi connectivity index (χ1n) is 15.9. The molecule has 2 heterocycles. The second kappa shape index (κ2) is 10.9. The van der Waals surface area contributed by atoms with Crippen LogP contribution in [0.3, 0.4) is 0 Å². The summed E-state index contributed by atoms with van der Waals surface area (Å²) < 4.78 is 4.57. The fraction of sp³-hybridized carbons (Fsp3) is 0. The maximum atomic E-state index is 10.4. The zero-order chi connectivity index (χ0) is 32.2. The van der Waals surface area contributed by atoms with Gasteiger partial charge in [-0.1, -0.05) is 103 Å². The first-order valence-corrected chi connectivity index (χ1v) is 15.9. The van der Waals surface area contributed by atoms with Crippen LogP contribution in [0.15, 0.2) is 158 Å². The van der Waals surface area contributed by atoms with Gasteiger partial charge in [0, 0.05) is 27.4 Å². The molecule has 9 aromatic rings. The third-order valence-corrected chi connectivity index (χ3v) is 9.33. The van der Waals surface area contributed by atoms with E-state index < -0.39 is 0 Å². The highest BCUT2D eigenvalue weighted by atomic mass is 15.0. The van der Waals surface area contributed by atoms with Gasteiger partial charge in [-0.05, 0) is 76.7 Å². The number of nitriles is 1. The molecule has 7 aromatic carbocycles. The molecule has 2 aromatic heterocycles. The summed E-state index contributed by atoms with van der Waals surface area (Å²) in [6.45, 7) is 7.68. The second-order valence-electron chi connectivity index (χ2n) is 12.0. The molecule has 0 saturated carbocycles. The smallest absolute Gasteiger partial charge is 0.188 e. The Kier molecular flexibility index (Phi) is 6.22. The van der Waals surface area contributed by atoms with Crippen molar-refractivity contribution in [1.29, 1.82) is 5.26 Å². The van der Waals surface area contributed by atoms with Crippen molar-refractivity contribution in [3.63, 3.8) is 0 Å². The van der Waals surface area contributed by atoms with Gasteiger partial charge < -0.3 is 9.13 Å². The highest BCUT2D eigenvalue weighted by molar-refractivity contribution is 6.12. The molecule has 4 heteroatoms. The van der Waals surface area contributed by atoms with E-state index >= 15 is 0 Å². The maximum Gasteiger partial charge on any atom is 0.188 e. The van der Waals surface area contributed by atoms with E-state index in [0.717, 1.165) is 66.5 Å². The van der Waals surface area contributed by atoms with Crippen LogP contribution in [0.2, 0.25) is 0 Å². The van der Waals surface area contributed by atoms with Crippen LogP contribution in [-0.2, 0) is 0 Å². The van der Waals surface area contributed by atoms with Gasteiger partial charge in [0.15, 0.2) is 5.69 Å². The molecule has 0 unspecified atom stereocenters. The highest BCUT2D eigenvalue weighted by Crippen LogP contribution is 2.43. The minimum atomic E-state index is 0.585. The zero-order valence-electron chi connectivity index (χ0n) is 25.8. The first-order chi connectivity index (χ1) is 23.7. The van der Waals surface area contributed by atoms with Gasteiger partial charge >= 0.3 is 0 Å². The van der Waals surface area contributed by atoms with Gasteiger partial charge in [0.25, 0.3) is 0 Å². The van der Waals surface area contributed by atoms with E-state index in [0.29, 0.717) is 11.3 Å². The Hall–Kier alpha value is -6.88. The average molecular weight is 611 g/mol. The molecule has 9 rings (SSSR count). The van der Waals surface area contributed by atoms with Crippen LogP contribution in [0.25, 0.3) is 82.1 Å². The van der Waals surface area contributed by atoms with Gasteiger partial charge in [0.1, 0.15) is 0 Å². The Labute approximate surface area is 277 Å². The standard InChI is InChI=1S/C44H26N4/c1-46-32-22-23-42-38(27-32)37-16-7-10-20-41(37)48(42)43-21-11-17-34(30-12-3-2-4-13-30)44(43)31-24-29(28-45)25-33(26-31)47-39-18-8-5-14-35(39)36-15-6-9-19-40(36)47/h2-27H. The van der Waals surface area contributed by atoms with Crippen LogP contribution >= 0.6 is 0 Å². The molecule has 0 N–H and O–H groups in total. The monoisotopic (exact) mass is 610 g/mol. The van der Waals surface area contributed by atoms with Gasteiger partial charge in [-0.15, -0.1) is 0 Å². The topological polar surface area (TPSA) is 38.0 Å². The summed E-state index contributed by atoms with van der Waals surface area (Å²) >= 11 is 0. The molecule has 222 valence electrons. The third kappa shape index (κ3) is 4.14. The molecule has 48 heavy (non-hydrogen) atoms. The third-order valence-electron chi connectivity index (χ3n) is 9.33. The van der Waals surface area contributed by atoms with E-state index in [2.05, 4.69) is 141 Å². The predicted octanol–water partition coefficient (Wildman–Crippen LogP) is 11.6. The second-order valence-corrected chi connectivity index (χ2v) is 12.0. The largest absolute Gasteiger partial charge is 0.309 e. The lowest BCUT2D eigenvalue weighted by Gasteiger charge is -2.20. The lowest BCUT2D eigenvalue weighted by Crippen LogP contribution is -2.01. The lowest BCUT2D eigenvalue weighted by atomic mass is 9.91. The van der Waals surface area contributed by atoms with Crippen molar-refractivity contribution >= 4 is 49.3 Å². The molecular formula is C44H26N4. The Morgan fingerprint density at radius 2 is 1.10 bits per heavy atom. The van der Waals surface area contributed by atoms with Crippen molar-refractivity contribution in [3.8, 4) is 39.7 Å². The molecule has 0 fully saturated rings. The normalized spacial score (nSPS) is 11.3. The van der Waals surface area contributed by atoms with E-state index in [-0.39, 0.29) is 0 Å². The van der Waals surface area contributed by atoms with Crippen LogP contribution in [0.1, 0.15) is 5.56 Å². The summed E-state index contributed by atoms with van der Waals surface area (Å²) in [6, 6.07) is 56.7. The first kappa shape index (κ1) is 27.4. The van der Waals surface area contributed by atoms with Gasteiger partial charge in [-0.3, -0.25) is 0 Å². The Morgan fingerprint density at radius 3 is 1.77 bits per heavy atom. The number of aromatic nitrogens is 2. The number of fused-ring (bicyclic) bond motifs is 6. The highest BCUT2D eigenvalue weighted by Gasteiger charge is 2.21. The summed E-state index contributed by atoms with van der Waals surface area (Å²) in [5.74, 6) is 0. The Bertz CT molecular complexity index is 2750. The molecule has 0 atom stereocenters. The van der Waals surface area contributed by atoms with Gasteiger partial charge in [-0.2, -0.15) is 5.26 Å². The summed E-state index contributed by atoms with van der Waals surface area (Å²) in [4.78, 5) is 3.73. The van der Waals surface area contributed by atoms with E-state index in [1.807, 2.05) is 36.4 Å². The molecule has 0 bridgehead atoms. The Morgan fingerprint density at radius 1 is 0.500 bits per heavy atom. The molecule has 0 radical (unpaired) electrons. The summed E-state index contributed by atoms with van der Waals surface area (Å²) in [6.07, 6.45) is 0. The summed E-state index contributed by atoms with van der Waals surface area (Å²) in [5.41, 5.74) is 11.5. The molecule has 4 nitrogen and oxygen atoms in total. The molecule has 0 aliphatic carbocycles. The fourth-order valence-electron chi connectivity index (χ4n) is 7.33. The van der Waals surface area contributed by atoms with Gasteiger partial charge in [0.05, 0.1) is 46.0 Å². The lowest BCUT2D eigenvalue weighted by molar-refractivity contribution is 1.17. The van der Waals surface area contributed by atoms with Crippen LogP contribution in [-0.4, -0.2) is 9.13 Å². The molecule has 0 aliphatic heterocycles. The molecular weight excluding hydrogens is 585 g/mol. The SMILES string of the molecule is [C-]#[N+]c1ccc2c(c1)c1ccccc1n2-c1cccc(-c2ccccc2)c1-c1cc(C#N)cc(-n2c3ccccc3c3ccccc32)c1. The van der Waals surface area contributed by atoms with Crippen LogP contribution < -0.4 is 0 Å². The number of para-hydroxylation sites is 3. The van der Waals surface area contributed by atoms with E-state index in [9.17, 15) is 5.26 Å². The quantitative estimate of drug-likeness (QED) is 0.183. The van der Waals surface area contributed by atoms with Crippen molar-refractivity contribution in [2.45, 2.75) is 0 Å². The molecule has 0 saturated heterocycles. The number of rotatable bonds is 4. The van der Waals surface area contributed by atoms with Crippen molar-refractivity contribution in [2.24, 2.45) is 0 Å². The number of nitrogens with zero attached hydrogens (tertiary/aromatic N) is 4. The van der Waals surface area contributed by atoms with Crippen LogP contribution in [0.5, 0.6) is 0 Å². The van der Waals surface area contributed by atoms with Crippen molar-refractivity contribution in [1.82, 2.24) is 9.13 Å². The zero-order valence-corrected chi connectivity index (χ0v) is 25.8. The molecule has 0 amide bonds. The minimum absolute atomic E-state index is 0.585. The van der Waals surface area contributed by atoms with Crippen molar-refractivity contribution < 1.29 is 0 Å². The molecule has 0 aliphatic rings. The number of benzene rings is 7. The van der Waals surface area contributed by atoms with Gasteiger partial charge in [0.2, 0.25) is 0 Å². The Balaban J connectivity index is 1.41. The number of hydrogen-bond donors (Lipinski definition) is 0. The van der Waals surface area contributed by atoms with E-state index in [1.165, 1.54) is 10.8 Å². The number of hydrogen-bond acceptors (Lipinski definition) is 1. The van der Waals surface area contributed by atoms with E-state index in [1.54, 1.807) is 0 Å². The maximum absolute atomic E-state index is 10.4. The molecule has 0 spiro atoms.